The number of nitrogens with one attached hydrogen (secondary N) is 1. The van der Waals surface area contributed by atoms with Gasteiger partial charge in [-0.25, -0.2) is 0 Å². The maximum atomic E-state index is 9.54. The highest BCUT2D eigenvalue weighted by Crippen LogP contribution is 2.19. The van der Waals surface area contributed by atoms with E-state index >= 15 is 0 Å². The molecule has 2 heterocycles. The molecule has 1 aromatic carbocycles. The largest absolute Gasteiger partial charge is 0.468 e. The van der Waals surface area contributed by atoms with Crippen molar-refractivity contribution in [1.29, 1.82) is 0 Å². The van der Waals surface area contributed by atoms with Gasteiger partial charge in [0.2, 0.25) is 0 Å². The van der Waals surface area contributed by atoms with Crippen molar-refractivity contribution >= 4 is 0 Å². The van der Waals surface area contributed by atoms with Crippen LogP contribution in [0.5, 0.6) is 0 Å². The van der Waals surface area contributed by atoms with Crippen LogP contribution >= 0.6 is 0 Å². The molecule has 2 N–H and O–H groups in total. The fraction of sp³-hybridized carbons (Fsp3) is 0.444. The summed E-state index contributed by atoms with van der Waals surface area (Å²) in [7, 11) is 0. The second kappa shape index (κ2) is 7.58. The minimum atomic E-state index is -0.0966. The predicted molar refractivity (Wildman–Crippen MR) is 86.4 cm³/mol. The van der Waals surface area contributed by atoms with Crippen LogP contribution in [0, 0.1) is 0 Å². The van der Waals surface area contributed by atoms with Crippen LogP contribution in [0.25, 0.3) is 0 Å². The van der Waals surface area contributed by atoms with E-state index in [1.54, 1.807) is 6.26 Å². The summed E-state index contributed by atoms with van der Waals surface area (Å²) in [6.45, 7) is 3.26. The van der Waals surface area contributed by atoms with E-state index in [1.807, 2.05) is 12.1 Å². The highest BCUT2D eigenvalue weighted by molar-refractivity contribution is 5.14. The number of aliphatic hydroxyl groups is 1. The number of piperidine rings is 1. The van der Waals surface area contributed by atoms with Gasteiger partial charge in [0.25, 0.3) is 0 Å². The van der Waals surface area contributed by atoms with Gasteiger partial charge in [0.1, 0.15) is 5.76 Å². The molecule has 1 aliphatic rings. The monoisotopic (exact) mass is 300 g/mol. The van der Waals surface area contributed by atoms with E-state index in [4.69, 9.17) is 4.42 Å². The van der Waals surface area contributed by atoms with Crippen molar-refractivity contribution in [3.63, 3.8) is 0 Å². The van der Waals surface area contributed by atoms with E-state index in [1.165, 1.54) is 5.56 Å². The average molecular weight is 300 g/mol. The summed E-state index contributed by atoms with van der Waals surface area (Å²) in [5.41, 5.74) is 1.37. The van der Waals surface area contributed by atoms with Crippen molar-refractivity contribution in [2.75, 3.05) is 19.7 Å². The molecule has 0 saturated carbocycles. The molecule has 3 rings (SSSR count). The topological polar surface area (TPSA) is 48.6 Å². The van der Waals surface area contributed by atoms with E-state index in [9.17, 15) is 5.11 Å². The highest BCUT2D eigenvalue weighted by Gasteiger charge is 2.23. The Labute approximate surface area is 131 Å². The van der Waals surface area contributed by atoms with Crippen molar-refractivity contribution in [2.24, 2.45) is 0 Å². The van der Waals surface area contributed by atoms with Gasteiger partial charge in [-0.2, -0.15) is 0 Å². The first kappa shape index (κ1) is 15.3. The molecular formula is C18H24N2O2. The molecule has 118 valence electrons. The van der Waals surface area contributed by atoms with Crippen molar-refractivity contribution < 1.29 is 9.52 Å². The molecule has 0 aliphatic carbocycles. The first-order chi connectivity index (χ1) is 10.8. The van der Waals surface area contributed by atoms with Crippen LogP contribution < -0.4 is 5.32 Å². The third-order valence-corrected chi connectivity index (χ3v) is 4.34. The van der Waals surface area contributed by atoms with Crippen LogP contribution in [0.2, 0.25) is 0 Å². The normalized spacial score (nSPS) is 18.4. The fourth-order valence-electron chi connectivity index (χ4n) is 3.10. The van der Waals surface area contributed by atoms with Crippen LogP contribution in [0.3, 0.4) is 0 Å². The Kier molecular flexibility index (Phi) is 5.27. The molecule has 1 aromatic heterocycles. The fourth-order valence-corrected chi connectivity index (χ4v) is 3.10. The minimum absolute atomic E-state index is 0.0672. The van der Waals surface area contributed by atoms with Crippen LogP contribution in [0.1, 0.15) is 30.2 Å². The number of furan rings is 1. The van der Waals surface area contributed by atoms with Gasteiger partial charge in [-0.15, -0.1) is 0 Å². The summed E-state index contributed by atoms with van der Waals surface area (Å²) < 4.78 is 5.40. The third-order valence-electron chi connectivity index (χ3n) is 4.34. The number of hydrogen-bond acceptors (Lipinski definition) is 4. The Morgan fingerprint density at radius 1 is 1.14 bits per heavy atom. The number of nitrogens with zero attached hydrogens (tertiary/aromatic N) is 1. The number of likely N-dealkylation sites (tertiary alicyclic amines) is 1. The molecule has 4 heteroatoms. The molecule has 1 unspecified atom stereocenters. The lowest BCUT2D eigenvalue weighted by Crippen LogP contribution is -2.44. The van der Waals surface area contributed by atoms with Gasteiger partial charge in [-0.05, 0) is 43.6 Å². The molecule has 22 heavy (non-hydrogen) atoms. The van der Waals surface area contributed by atoms with Crippen molar-refractivity contribution in [3.8, 4) is 0 Å². The zero-order valence-corrected chi connectivity index (χ0v) is 12.8. The van der Waals surface area contributed by atoms with Crippen molar-refractivity contribution in [2.45, 2.75) is 31.5 Å². The lowest BCUT2D eigenvalue weighted by Gasteiger charge is -2.34. The summed E-state index contributed by atoms with van der Waals surface area (Å²) in [5, 5.41) is 13.1. The molecule has 1 aliphatic heterocycles. The zero-order chi connectivity index (χ0) is 15.2. The van der Waals surface area contributed by atoms with Gasteiger partial charge < -0.3 is 14.8 Å². The number of aliphatic hydroxyl groups excluding tert-OH is 1. The zero-order valence-electron chi connectivity index (χ0n) is 12.8. The molecule has 0 bridgehead atoms. The first-order valence-electron chi connectivity index (χ1n) is 8.02. The summed E-state index contributed by atoms with van der Waals surface area (Å²) in [4.78, 5) is 2.49. The molecule has 4 nitrogen and oxygen atoms in total. The molecule has 1 saturated heterocycles. The summed E-state index contributed by atoms with van der Waals surface area (Å²) in [5.74, 6) is 0.814. The maximum Gasteiger partial charge on any atom is 0.123 e. The van der Waals surface area contributed by atoms with Crippen LogP contribution in [-0.4, -0.2) is 35.7 Å². The smallest absolute Gasteiger partial charge is 0.123 e. The Morgan fingerprint density at radius 2 is 1.91 bits per heavy atom. The van der Waals surface area contributed by atoms with Gasteiger partial charge >= 0.3 is 0 Å². The van der Waals surface area contributed by atoms with Gasteiger partial charge in [-0.1, -0.05) is 30.3 Å². The Balaban J connectivity index is 1.47. The van der Waals surface area contributed by atoms with Gasteiger partial charge in [0.05, 0.1) is 18.9 Å². The Bertz CT molecular complexity index is 533. The van der Waals surface area contributed by atoms with Crippen LogP contribution in [-0.2, 0) is 6.54 Å². The lowest BCUT2D eigenvalue weighted by molar-refractivity contribution is 0.160. The Morgan fingerprint density at radius 3 is 2.55 bits per heavy atom. The van der Waals surface area contributed by atoms with E-state index in [-0.39, 0.29) is 12.6 Å². The summed E-state index contributed by atoms with van der Waals surface area (Å²) in [6.07, 6.45) is 3.86. The molecule has 1 fully saturated rings. The van der Waals surface area contributed by atoms with Gasteiger partial charge in [0.15, 0.2) is 0 Å². The molecule has 0 amide bonds. The number of hydrogen-bond donors (Lipinski definition) is 2. The molecule has 2 aromatic rings. The SMILES string of the molecule is OCC(NC1CCN(Cc2ccccc2)CC1)c1ccco1. The van der Waals surface area contributed by atoms with Crippen LogP contribution in [0.4, 0.5) is 0 Å². The van der Waals surface area contributed by atoms with Gasteiger partial charge in [-0.3, -0.25) is 4.90 Å². The second-order valence-electron chi connectivity index (χ2n) is 5.95. The lowest BCUT2D eigenvalue weighted by atomic mass is 10.0. The van der Waals surface area contributed by atoms with E-state index in [0.717, 1.165) is 38.2 Å². The maximum absolute atomic E-state index is 9.54. The molecule has 1 atom stereocenters. The third kappa shape index (κ3) is 3.97. The number of benzene rings is 1. The van der Waals surface area contributed by atoms with Crippen LogP contribution in [0.15, 0.2) is 53.1 Å². The average Bonchev–Trinajstić information content (AvgIpc) is 3.09. The molecule has 0 radical (unpaired) electrons. The highest BCUT2D eigenvalue weighted by atomic mass is 16.3. The minimum Gasteiger partial charge on any atom is -0.468 e. The molecule has 0 spiro atoms. The van der Waals surface area contributed by atoms with Gasteiger partial charge in [0, 0.05) is 12.6 Å². The molecular weight excluding hydrogens is 276 g/mol. The van der Waals surface area contributed by atoms with Crippen molar-refractivity contribution in [3.05, 3.63) is 60.1 Å². The standard InChI is InChI=1S/C18H24N2O2/c21-14-17(18-7-4-12-22-18)19-16-8-10-20(11-9-16)13-15-5-2-1-3-6-15/h1-7,12,16-17,19,21H,8-11,13-14H2. The summed E-state index contributed by atoms with van der Waals surface area (Å²) in [6, 6.07) is 14.7. The van der Waals surface area contributed by atoms with Crippen molar-refractivity contribution in [1.82, 2.24) is 10.2 Å². The Hall–Kier alpha value is -1.62. The van der Waals surface area contributed by atoms with E-state index in [0.29, 0.717) is 6.04 Å². The van der Waals surface area contributed by atoms with E-state index < -0.39 is 0 Å². The first-order valence-corrected chi connectivity index (χ1v) is 8.02. The second-order valence-corrected chi connectivity index (χ2v) is 5.95. The predicted octanol–water partition coefficient (Wildman–Crippen LogP) is 2.57. The number of rotatable bonds is 6. The quantitative estimate of drug-likeness (QED) is 0.861. The summed E-state index contributed by atoms with van der Waals surface area (Å²) >= 11 is 0. The van der Waals surface area contributed by atoms with E-state index in [2.05, 4.69) is 40.5 Å².